The second-order valence-corrected chi connectivity index (χ2v) is 6.47. The molecule has 2 unspecified atom stereocenters. The molecule has 2 fully saturated rings. The van der Waals surface area contributed by atoms with Gasteiger partial charge in [-0.05, 0) is 44.7 Å². The predicted molar refractivity (Wildman–Crippen MR) is 80.0 cm³/mol. The van der Waals surface area contributed by atoms with Crippen molar-refractivity contribution in [2.24, 2.45) is 0 Å². The van der Waals surface area contributed by atoms with Gasteiger partial charge < -0.3 is 5.32 Å². The van der Waals surface area contributed by atoms with Crippen LogP contribution < -0.4 is 5.32 Å². The van der Waals surface area contributed by atoms with Crippen molar-refractivity contribution < 1.29 is 8.78 Å². The highest BCUT2D eigenvalue weighted by atomic mass is 19.1. The van der Waals surface area contributed by atoms with E-state index in [1.165, 1.54) is 18.9 Å². The molecule has 0 saturated carbocycles. The number of hydrogen-bond acceptors (Lipinski definition) is 2. The van der Waals surface area contributed by atoms with Crippen LogP contribution in [0.2, 0.25) is 0 Å². The number of hydrogen-bond donors (Lipinski definition) is 1. The molecular weight excluding hydrogens is 270 g/mol. The van der Waals surface area contributed by atoms with Crippen LogP contribution in [-0.4, -0.2) is 29.6 Å². The SMILES string of the molecule is CCCN(Cc1ccc(F)cc1F)C1CC2CCC(C1)N2. The van der Waals surface area contributed by atoms with Crippen molar-refractivity contribution in [2.75, 3.05) is 6.54 Å². The molecular formula is C17H24F2N2. The monoisotopic (exact) mass is 294 g/mol. The van der Waals surface area contributed by atoms with Crippen LogP contribution in [0, 0.1) is 11.6 Å². The predicted octanol–water partition coefficient (Wildman–Crippen LogP) is 3.46. The molecule has 2 aliphatic heterocycles. The van der Waals surface area contributed by atoms with E-state index in [4.69, 9.17) is 0 Å². The van der Waals surface area contributed by atoms with Gasteiger partial charge in [-0.25, -0.2) is 8.78 Å². The summed E-state index contributed by atoms with van der Waals surface area (Å²) < 4.78 is 26.9. The zero-order chi connectivity index (χ0) is 14.8. The van der Waals surface area contributed by atoms with E-state index in [0.29, 0.717) is 30.2 Å². The molecule has 2 atom stereocenters. The van der Waals surface area contributed by atoms with Gasteiger partial charge in [0.05, 0.1) is 0 Å². The van der Waals surface area contributed by atoms with Gasteiger partial charge in [-0.15, -0.1) is 0 Å². The zero-order valence-corrected chi connectivity index (χ0v) is 12.6. The maximum atomic E-state index is 13.9. The Morgan fingerprint density at radius 2 is 1.90 bits per heavy atom. The van der Waals surface area contributed by atoms with Crippen molar-refractivity contribution in [1.82, 2.24) is 10.2 Å². The highest BCUT2D eigenvalue weighted by molar-refractivity contribution is 5.18. The maximum Gasteiger partial charge on any atom is 0.130 e. The Kier molecular flexibility index (Phi) is 4.55. The molecule has 0 aromatic heterocycles. The summed E-state index contributed by atoms with van der Waals surface area (Å²) >= 11 is 0. The fourth-order valence-corrected chi connectivity index (χ4v) is 3.87. The standard InChI is InChI=1S/C17H24F2N2/c1-2-7-21(11-12-3-4-13(18)8-17(12)19)16-9-14-5-6-15(10-16)20-14/h3-4,8,14-16,20H,2,5-7,9-11H2,1H3. The normalized spacial score (nSPS) is 28.3. The Morgan fingerprint density at radius 1 is 1.19 bits per heavy atom. The summed E-state index contributed by atoms with van der Waals surface area (Å²) in [4.78, 5) is 2.39. The lowest BCUT2D eigenvalue weighted by Gasteiger charge is -2.38. The highest BCUT2D eigenvalue weighted by Gasteiger charge is 2.35. The molecule has 2 heterocycles. The molecule has 2 aliphatic rings. The molecule has 0 spiro atoms. The minimum absolute atomic E-state index is 0.423. The molecule has 2 saturated heterocycles. The Labute approximate surface area is 125 Å². The van der Waals surface area contributed by atoms with Crippen molar-refractivity contribution in [3.05, 3.63) is 35.4 Å². The number of piperidine rings is 1. The average molecular weight is 294 g/mol. The summed E-state index contributed by atoms with van der Waals surface area (Å²) in [5, 5.41) is 3.65. The molecule has 1 N–H and O–H groups in total. The fourth-order valence-electron chi connectivity index (χ4n) is 3.87. The molecule has 0 radical (unpaired) electrons. The van der Waals surface area contributed by atoms with Gasteiger partial charge in [0.1, 0.15) is 11.6 Å². The third-order valence-electron chi connectivity index (χ3n) is 4.86. The van der Waals surface area contributed by atoms with Crippen molar-refractivity contribution in [3.63, 3.8) is 0 Å². The molecule has 0 amide bonds. The van der Waals surface area contributed by atoms with Gasteiger partial charge in [0, 0.05) is 36.3 Å². The van der Waals surface area contributed by atoms with Gasteiger partial charge >= 0.3 is 0 Å². The van der Waals surface area contributed by atoms with Gasteiger partial charge in [-0.2, -0.15) is 0 Å². The molecule has 116 valence electrons. The molecule has 1 aromatic carbocycles. The Morgan fingerprint density at radius 3 is 2.52 bits per heavy atom. The minimum Gasteiger partial charge on any atom is -0.311 e. The van der Waals surface area contributed by atoms with E-state index >= 15 is 0 Å². The van der Waals surface area contributed by atoms with Crippen molar-refractivity contribution >= 4 is 0 Å². The topological polar surface area (TPSA) is 15.3 Å². The molecule has 2 bridgehead atoms. The summed E-state index contributed by atoms with van der Waals surface area (Å²) in [6.07, 6.45) is 5.90. The third-order valence-corrected chi connectivity index (χ3v) is 4.86. The average Bonchev–Trinajstić information content (AvgIpc) is 2.79. The van der Waals surface area contributed by atoms with E-state index in [2.05, 4.69) is 17.1 Å². The third kappa shape index (κ3) is 3.43. The summed E-state index contributed by atoms with van der Waals surface area (Å²) in [5.74, 6) is -0.925. The van der Waals surface area contributed by atoms with E-state index in [1.54, 1.807) is 6.07 Å². The van der Waals surface area contributed by atoms with Crippen LogP contribution in [0.25, 0.3) is 0 Å². The molecule has 4 heteroatoms. The summed E-state index contributed by atoms with van der Waals surface area (Å²) in [7, 11) is 0. The van der Waals surface area contributed by atoms with Crippen LogP contribution in [0.15, 0.2) is 18.2 Å². The molecule has 0 aliphatic carbocycles. The van der Waals surface area contributed by atoms with Crippen LogP contribution in [0.5, 0.6) is 0 Å². The Balaban J connectivity index is 1.72. The summed E-state index contributed by atoms with van der Waals surface area (Å²) in [5.41, 5.74) is 0.607. The lowest BCUT2D eigenvalue weighted by atomic mass is 9.97. The first-order chi connectivity index (χ1) is 10.2. The van der Waals surface area contributed by atoms with Gasteiger partial charge in [0.25, 0.3) is 0 Å². The number of nitrogens with zero attached hydrogens (tertiary/aromatic N) is 1. The summed E-state index contributed by atoms with van der Waals surface area (Å²) in [6, 6.07) is 5.72. The summed E-state index contributed by atoms with van der Waals surface area (Å²) in [6.45, 7) is 3.72. The quantitative estimate of drug-likeness (QED) is 0.894. The molecule has 1 aromatic rings. The first kappa shape index (κ1) is 14.9. The van der Waals surface area contributed by atoms with Crippen LogP contribution in [0.1, 0.15) is 44.6 Å². The van der Waals surface area contributed by atoms with E-state index in [-0.39, 0.29) is 0 Å². The molecule has 3 rings (SSSR count). The largest absolute Gasteiger partial charge is 0.311 e. The zero-order valence-electron chi connectivity index (χ0n) is 12.6. The number of fused-ring (bicyclic) bond motifs is 2. The van der Waals surface area contributed by atoms with Crippen LogP contribution in [0.4, 0.5) is 8.78 Å². The van der Waals surface area contributed by atoms with E-state index in [9.17, 15) is 8.78 Å². The first-order valence-electron chi connectivity index (χ1n) is 8.09. The lowest BCUT2D eigenvalue weighted by molar-refractivity contribution is 0.132. The second-order valence-electron chi connectivity index (χ2n) is 6.47. The van der Waals surface area contributed by atoms with E-state index in [0.717, 1.165) is 31.9 Å². The second kappa shape index (κ2) is 6.41. The van der Waals surface area contributed by atoms with Crippen LogP contribution in [0.3, 0.4) is 0 Å². The van der Waals surface area contributed by atoms with E-state index < -0.39 is 11.6 Å². The van der Waals surface area contributed by atoms with Crippen LogP contribution in [-0.2, 0) is 6.54 Å². The fraction of sp³-hybridized carbons (Fsp3) is 0.647. The number of halogens is 2. The number of nitrogens with one attached hydrogen (secondary N) is 1. The molecule has 21 heavy (non-hydrogen) atoms. The van der Waals surface area contributed by atoms with Gasteiger partial charge in [-0.1, -0.05) is 13.0 Å². The first-order valence-corrected chi connectivity index (χ1v) is 8.09. The maximum absolute atomic E-state index is 13.9. The van der Waals surface area contributed by atoms with Crippen molar-refractivity contribution in [3.8, 4) is 0 Å². The van der Waals surface area contributed by atoms with E-state index in [1.807, 2.05) is 0 Å². The minimum atomic E-state index is -0.502. The number of rotatable bonds is 5. The van der Waals surface area contributed by atoms with Gasteiger partial charge in [0.15, 0.2) is 0 Å². The van der Waals surface area contributed by atoms with Crippen LogP contribution >= 0.6 is 0 Å². The van der Waals surface area contributed by atoms with Gasteiger partial charge in [-0.3, -0.25) is 4.90 Å². The highest BCUT2D eigenvalue weighted by Crippen LogP contribution is 2.30. The van der Waals surface area contributed by atoms with Crippen molar-refractivity contribution in [2.45, 2.75) is 63.7 Å². The number of benzene rings is 1. The Hall–Kier alpha value is -1.00. The smallest absolute Gasteiger partial charge is 0.130 e. The van der Waals surface area contributed by atoms with Crippen molar-refractivity contribution in [1.29, 1.82) is 0 Å². The Bertz CT molecular complexity index is 480. The lowest BCUT2D eigenvalue weighted by Crippen LogP contribution is -2.48. The molecule has 2 nitrogen and oxygen atoms in total. The van der Waals surface area contributed by atoms with Gasteiger partial charge in [0.2, 0.25) is 0 Å².